The van der Waals surface area contributed by atoms with Crippen molar-refractivity contribution in [3.63, 3.8) is 0 Å². The second kappa shape index (κ2) is 12.9. The van der Waals surface area contributed by atoms with Gasteiger partial charge in [-0.1, -0.05) is 37.5 Å². The molecule has 1 aromatic rings. The standard InChI is InChI=1S/C22H35N5O.HI/c1-23-22(25-15-8-14-24-19-11-6-3-7-12-19)26-20-13-16-27(17-20)21(28)18-9-4-2-5-10-18;/h3,6-7,11-12,18,20,24H,2,4-5,8-10,13-17H2,1H3,(H2,23,25,26);1H. The summed E-state index contributed by atoms with van der Waals surface area (Å²) in [4.78, 5) is 19.1. The number of hydrogen-bond donors (Lipinski definition) is 3. The van der Waals surface area contributed by atoms with Crippen LogP contribution in [0.2, 0.25) is 0 Å². The van der Waals surface area contributed by atoms with Gasteiger partial charge in [0, 0.05) is 50.9 Å². The third-order valence-corrected chi connectivity index (χ3v) is 5.77. The number of hydrogen-bond acceptors (Lipinski definition) is 3. The van der Waals surface area contributed by atoms with Crippen molar-refractivity contribution in [3.05, 3.63) is 30.3 Å². The number of benzene rings is 1. The number of aliphatic imine (C=N–C) groups is 1. The molecule has 7 heteroatoms. The van der Waals surface area contributed by atoms with Gasteiger partial charge in [-0.2, -0.15) is 0 Å². The normalized spacial score (nSPS) is 20.1. The minimum atomic E-state index is 0. The minimum Gasteiger partial charge on any atom is -0.385 e. The van der Waals surface area contributed by atoms with Crippen molar-refractivity contribution in [1.82, 2.24) is 15.5 Å². The summed E-state index contributed by atoms with van der Waals surface area (Å²) in [7, 11) is 1.80. The molecule has 6 nitrogen and oxygen atoms in total. The van der Waals surface area contributed by atoms with Gasteiger partial charge in [0.25, 0.3) is 0 Å². The molecule has 1 aliphatic carbocycles. The van der Waals surface area contributed by atoms with Crippen molar-refractivity contribution >= 4 is 41.5 Å². The molecule has 1 saturated heterocycles. The fraction of sp³-hybridized carbons (Fsp3) is 0.636. The summed E-state index contributed by atoms with van der Waals surface area (Å²) >= 11 is 0. The average molecular weight is 513 g/mol. The first-order valence-corrected chi connectivity index (χ1v) is 10.8. The summed E-state index contributed by atoms with van der Waals surface area (Å²) in [6.45, 7) is 3.44. The van der Waals surface area contributed by atoms with E-state index >= 15 is 0 Å². The maximum atomic E-state index is 12.7. The van der Waals surface area contributed by atoms with Crippen molar-refractivity contribution in [2.75, 3.05) is 38.5 Å². The topological polar surface area (TPSA) is 68.8 Å². The van der Waals surface area contributed by atoms with Crippen molar-refractivity contribution in [2.24, 2.45) is 10.9 Å². The van der Waals surface area contributed by atoms with Gasteiger partial charge in [0.05, 0.1) is 0 Å². The largest absolute Gasteiger partial charge is 0.385 e. The van der Waals surface area contributed by atoms with E-state index in [4.69, 9.17) is 0 Å². The monoisotopic (exact) mass is 513 g/mol. The zero-order valence-electron chi connectivity index (χ0n) is 17.5. The molecule has 1 heterocycles. The van der Waals surface area contributed by atoms with Crippen LogP contribution >= 0.6 is 24.0 Å². The van der Waals surface area contributed by atoms with Gasteiger partial charge in [-0.05, 0) is 37.8 Å². The Morgan fingerprint density at radius 2 is 1.86 bits per heavy atom. The van der Waals surface area contributed by atoms with Crippen LogP contribution < -0.4 is 16.0 Å². The van der Waals surface area contributed by atoms with E-state index in [2.05, 4.69) is 38.0 Å². The van der Waals surface area contributed by atoms with Crippen LogP contribution in [0.25, 0.3) is 0 Å². The molecule has 1 unspecified atom stereocenters. The van der Waals surface area contributed by atoms with Crippen LogP contribution in [0.4, 0.5) is 5.69 Å². The predicted molar refractivity (Wildman–Crippen MR) is 131 cm³/mol. The number of amides is 1. The van der Waals surface area contributed by atoms with Gasteiger partial charge in [-0.25, -0.2) is 0 Å². The van der Waals surface area contributed by atoms with Crippen molar-refractivity contribution in [2.45, 2.75) is 51.0 Å². The summed E-state index contributed by atoms with van der Waals surface area (Å²) in [6, 6.07) is 10.5. The Morgan fingerprint density at radius 3 is 2.59 bits per heavy atom. The Morgan fingerprint density at radius 1 is 1.10 bits per heavy atom. The molecule has 0 radical (unpaired) electrons. The lowest BCUT2D eigenvalue weighted by Gasteiger charge is -2.26. The van der Waals surface area contributed by atoms with E-state index < -0.39 is 0 Å². The number of para-hydroxylation sites is 1. The molecule has 1 aromatic carbocycles. The summed E-state index contributed by atoms with van der Waals surface area (Å²) in [5, 5.41) is 10.3. The number of guanidine groups is 1. The van der Waals surface area contributed by atoms with Crippen LogP contribution in [0.1, 0.15) is 44.9 Å². The number of likely N-dealkylation sites (tertiary alicyclic amines) is 1. The highest BCUT2D eigenvalue weighted by Crippen LogP contribution is 2.26. The molecule has 162 valence electrons. The SMILES string of the molecule is CN=C(NCCCNc1ccccc1)NC1CCN(C(=O)C2CCCCC2)C1.I. The third-order valence-electron chi connectivity index (χ3n) is 5.77. The number of carbonyl (C=O) groups excluding carboxylic acids is 1. The average Bonchev–Trinajstić information content (AvgIpc) is 3.22. The molecular formula is C22H36IN5O. The van der Waals surface area contributed by atoms with Crippen LogP contribution in [0.5, 0.6) is 0 Å². The molecule has 0 spiro atoms. The van der Waals surface area contributed by atoms with Crippen molar-refractivity contribution in [1.29, 1.82) is 0 Å². The minimum absolute atomic E-state index is 0. The molecule has 3 N–H and O–H groups in total. The molecule has 2 aliphatic rings. The second-order valence-electron chi connectivity index (χ2n) is 7.89. The Kier molecular flexibility index (Phi) is 10.6. The Balaban J connectivity index is 0.00000300. The fourth-order valence-corrected chi connectivity index (χ4v) is 4.16. The number of carbonyl (C=O) groups is 1. The number of rotatable bonds is 7. The van der Waals surface area contributed by atoms with Crippen LogP contribution in [-0.4, -0.2) is 56.0 Å². The van der Waals surface area contributed by atoms with Gasteiger partial charge in [-0.15, -0.1) is 24.0 Å². The van der Waals surface area contributed by atoms with E-state index in [0.29, 0.717) is 11.9 Å². The smallest absolute Gasteiger partial charge is 0.225 e. The maximum Gasteiger partial charge on any atom is 0.225 e. The van der Waals surface area contributed by atoms with Crippen LogP contribution in [-0.2, 0) is 4.79 Å². The summed E-state index contributed by atoms with van der Waals surface area (Å²) < 4.78 is 0. The maximum absolute atomic E-state index is 12.7. The summed E-state index contributed by atoms with van der Waals surface area (Å²) in [5.41, 5.74) is 1.15. The lowest BCUT2D eigenvalue weighted by molar-refractivity contribution is -0.135. The number of nitrogens with one attached hydrogen (secondary N) is 3. The zero-order chi connectivity index (χ0) is 19.6. The summed E-state index contributed by atoms with van der Waals surface area (Å²) in [6.07, 6.45) is 7.86. The molecule has 29 heavy (non-hydrogen) atoms. The molecule has 1 aliphatic heterocycles. The quantitative estimate of drug-likeness (QED) is 0.226. The summed E-state index contributed by atoms with van der Waals surface area (Å²) in [5.74, 6) is 1.47. The molecule has 1 atom stereocenters. The number of nitrogens with zero attached hydrogens (tertiary/aromatic N) is 2. The number of anilines is 1. The third kappa shape index (κ3) is 7.68. The van der Waals surface area contributed by atoms with E-state index in [9.17, 15) is 4.79 Å². The van der Waals surface area contributed by atoms with E-state index in [1.165, 1.54) is 19.3 Å². The van der Waals surface area contributed by atoms with Gasteiger partial charge in [0.15, 0.2) is 5.96 Å². The molecule has 2 fully saturated rings. The first-order chi connectivity index (χ1) is 13.8. The second-order valence-corrected chi connectivity index (χ2v) is 7.89. The molecule has 0 bridgehead atoms. The number of halogens is 1. The van der Waals surface area contributed by atoms with E-state index in [1.54, 1.807) is 7.05 Å². The molecule has 3 rings (SSSR count). The predicted octanol–water partition coefficient (Wildman–Crippen LogP) is 3.45. The Hall–Kier alpha value is -1.51. The van der Waals surface area contributed by atoms with E-state index in [1.807, 2.05) is 18.2 Å². The highest BCUT2D eigenvalue weighted by atomic mass is 127. The van der Waals surface area contributed by atoms with Crippen molar-refractivity contribution < 1.29 is 4.79 Å². The zero-order valence-corrected chi connectivity index (χ0v) is 19.9. The molecule has 1 saturated carbocycles. The molecular weight excluding hydrogens is 477 g/mol. The van der Waals surface area contributed by atoms with Crippen molar-refractivity contribution in [3.8, 4) is 0 Å². The highest BCUT2D eigenvalue weighted by Gasteiger charge is 2.31. The van der Waals surface area contributed by atoms with E-state index in [0.717, 1.165) is 63.5 Å². The van der Waals surface area contributed by atoms with Gasteiger partial charge >= 0.3 is 0 Å². The fourth-order valence-electron chi connectivity index (χ4n) is 4.16. The van der Waals surface area contributed by atoms with Crippen LogP contribution in [0, 0.1) is 5.92 Å². The lowest BCUT2D eigenvalue weighted by atomic mass is 9.88. The van der Waals surface area contributed by atoms with Gasteiger partial charge in [0.1, 0.15) is 0 Å². The molecule has 0 aromatic heterocycles. The highest BCUT2D eigenvalue weighted by molar-refractivity contribution is 14.0. The van der Waals surface area contributed by atoms with Crippen LogP contribution in [0.15, 0.2) is 35.3 Å². The van der Waals surface area contributed by atoms with Gasteiger partial charge in [-0.3, -0.25) is 9.79 Å². The Labute approximate surface area is 192 Å². The Bertz CT molecular complexity index is 633. The van der Waals surface area contributed by atoms with Gasteiger partial charge in [0.2, 0.25) is 5.91 Å². The first-order valence-electron chi connectivity index (χ1n) is 10.8. The van der Waals surface area contributed by atoms with Crippen LogP contribution in [0.3, 0.4) is 0 Å². The lowest BCUT2D eigenvalue weighted by Crippen LogP contribution is -2.46. The molecule has 1 amide bonds. The van der Waals surface area contributed by atoms with Gasteiger partial charge < -0.3 is 20.9 Å². The first kappa shape index (κ1) is 23.8. The van der Waals surface area contributed by atoms with E-state index in [-0.39, 0.29) is 29.9 Å².